The quantitative estimate of drug-likeness (QED) is 0.399. The molecule has 0 aromatic heterocycles. The van der Waals surface area contributed by atoms with E-state index in [9.17, 15) is 4.55 Å². The number of aliphatic imine (C=N–C) groups is 1. The van der Waals surface area contributed by atoms with Gasteiger partial charge in [-0.05, 0) is 24.7 Å². The van der Waals surface area contributed by atoms with E-state index in [2.05, 4.69) is 22.4 Å². The number of nitrogens with zero attached hydrogens (tertiary/aromatic N) is 1. The SMILES string of the molecule is CS(C)(O)CCOCCOCCN=C=S.S. The second-order valence-electron chi connectivity index (χ2n) is 3.38. The standard InChI is InChI=1S/C9H19NO3S2.H2S/c1-15(2,11)8-7-13-6-5-12-4-3-10-9-14;/h11H,3-8H2,1-2H3;1H2. The second-order valence-corrected chi connectivity index (χ2v) is 6.93. The summed E-state index contributed by atoms with van der Waals surface area (Å²) in [6.45, 7) is 2.78. The molecule has 0 spiro atoms. The van der Waals surface area contributed by atoms with Gasteiger partial charge in [-0.25, -0.2) is 4.99 Å². The molecular weight excluding hydrogens is 266 g/mol. The van der Waals surface area contributed by atoms with Crippen molar-refractivity contribution in [3.63, 3.8) is 0 Å². The number of isothiocyanates is 1. The van der Waals surface area contributed by atoms with Gasteiger partial charge in [0.1, 0.15) is 0 Å². The van der Waals surface area contributed by atoms with Crippen molar-refractivity contribution in [1.29, 1.82) is 0 Å². The third kappa shape index (κ3) is 16.8. The highest BCUT2D eigenvalue weighted by Crippen LogP contribution is 2.32. The Bertz CT molecular complexity index is 203. The van der Waals surface area contributed by atoms with Crippen molar-refractivity contribution in [3.8, 4) is 0 Å². The Morgan fingerprint density at radius 1 is 1.19 bits per heavy atom. The van der Waals surface area contributed by atoms with Crippen LogP contribution in [0.1, 0.15) is 0 Å². The Balaban J connectivity index is 0. The molecule has 0 saturated heterocycles. The van der Waals surface area contributed by atoms with Gasteiger partial charge in [0.2, 0.25) is 0 Å². The number of rotatable bonds is 9. The molecule has 0 saturated carbocycles. The molecular formula is C9H21NO3S3. The van der Waals surface area contributed by atoms with E-state index in [1.54, 1.807) is 0 Å². The van der Waals surface area contributed by atoms with Crippen molar-refractivity contribution in [2.45, 2.75) is 0 Å². The Morgan fingerprint density at radius 2 is 1.75 bits per heavy atom. The molecule has 4 nitrogen and oxygen atoms in total. The molecule has 0 rings (SSSR count). The summed E-state index contributed by atoms with van der Waals surface area (Å²) in [5.41, 5.74) is 0. The van der Waals surface area contributed by atoms with Gasteiger partial charge in [0.25, 0.3) is 0 Å². The fourth-order valence-electron chi connectivity index (χ4n) is 0.741. The maximum absolute atomic E-state index is 9.46. The molecule has 0 bridgehead atoms. The Kier molecular flexibility index (Phi) is 13.9. The first-order chi connectivity index (χ1) is 7.06. The van der Waals surface area contributed by atoms with Crippen LogP contribution in [0.4, 0.5) is 0 Å². The summed E-state index contributed by atoms with van der Waals surface area (Å²) in [4.78, 5) is 3.71. The highest BCUT2D eigenvalue weighted by Gasteiger charge is 2.04. The Morgan fingerprint density at radius 3 is 2.25 bits per heavy atom. The molecule has 0 aromatic carbocycles. The zero-order valence-electron chi connectivity index (χ0n) is 9.77. The molecule has 0 amide bonds. The van der Waals surface area contributed by atoms with Gasteiger partial charge in [0.05, 0.1) is 38.1 Å². The van der Waals surface area contributed by atoms with Crippen LogP contribution in [0.25, 0.3) is 0 Å². The lowest BCUT2D eigenvalue weighted by atomic mass is 10.7. The fraction of sp³-hybridized carbons (Fsp3) is 0.889. The van der Waals surface area contributed by atoms with Crippen LogP contribution in [0.15, 0.2) is 4.99 Å². The van der Waals surface area contributed by atoms with Crippen LogP contribution in [0.2, 0.25) is 0 Å². The van der Waals surface area contributed by atoms with E-state index in [0.29, 0.717) is 38.7 Å². The molecule has 0 radical (unpaired) electrons. The van der Waals surface area contributed by atoms with Crippen molar-refractivity contribution in [2.24, 2.45) is 4.99 Å². The van der Waals surface area contributed by atoms with E-state index in [1.807, 2.05) is 12.5 Å². The normalized spacial score (nSPS) is 11.4. The smallest absolute Gasteiger partial charge is 0.0727 e. The largest absolute Gasteiger partial charge is 0.378 e. The number of hydrogen-bond donors (Lipinski definition) is 1. The van der Waals surface area contributed by atoms with Gasteiger partial charge < -0.3 is 14.0 Å². The van der Waals surface area contributed by atoms with Crippen LogP contribution in [-0.4, -0.2) is 61.0 Å². The minimum Gasteiger partial charge on any atom is -0.378 e. The predicted molar refractivity (Wildman–Crippen MR) is 78.8 cm³/mol. The maximum atomic E-state index is 9.46. The monoisotopic (exact) mass is 287 g/mol. The number of ether oxygens (including phenoxy) is 2. The zero-order chi connectivity index (χ0) is 11.6. The molecule has 0 aliphatic heterocycles. The fourth-order valence-corrected chi connectivity index (χ4v) is 1.36. The van der Waals surface area contributed by atoms with Crippen LogP contribution < -0.4 is 0 Å². The van der Waals surface area contributed by atoms with E-state index in [4.69, 9.17) is 9.47 Å². The van der Waals surface area contributed by atoms with Crippen LogP contribution >= 0.6 is 36.0 Å². The number of hydrogen-bond acceptors (Lipinski definition) is 5. The predicted octanol–water partition coefficient (Wildman–Crippen LogP) is 1.77. The van der Waals surface area contributed by atoms with Crippen molar-refractivity contribution < 1.29 is 14.0 Å². The summed E-state index contributed by atoms with van der Waals surface area (Å²) in [6.07, 6.45) is 3.69. The Hall–Kier alpha value is 0.380. The van der Waals surface area contributed by atoms with Crippen LogP contribution in [0.3, 0.4) is 0 Å². The molecule has 0 atom stereocenters. The summed E-state index contributed by atoms with van der Waals surface area (Å²) < 4.78 is 20.0. The minimum atomic E-state index is -1.43. The molecule has 7 heteroatoms. The molecule has 16 heavy (non-hydrogen) atoms. The van der Waals surface area contributed by atoms with Crippen molar-refractivity contribution in [3.05, 3.63) is 0 Å². The first-order valence-electron chi connectivity index (χ1n) is 4.69. The zero-order valence-corrected chi connectivity index (χ0v) is 12.4. The van der Waals surface area contributed by atoms with Gasteiger partial charge in [-0.3, -0.25) is 0 Å². The molecule has 0 aliphatic rings. The summed E-state index contributed by atoms with van der Waals surface area (Å²) in [5, 5.41) is 2.27. The van der Waals surface area contributed by atoms with E-state index in [0.717, 1.165) is 0 Å². The highest BCUT2D eigenvalue weighted by molar-refractivity contribution is 8.28. The highest BCUT2D eigenvalue weighted by atomic mass is 32.3. The van der Waals surface area contributed by atoms with Crippen molar-refractivity contribution >= 4 is 41.2 Å². The van der Waals surface area contributed by atoms with Gasteiger partial charge in [-0.2, -0.15) is 13.5 Å². The third-order valence-electron chi connectivity index (χ3n) is 1.51. The first-order valence-corrected chi connectivity index (χ1v) is 7.67. The van der Waals surface area contributed by atoms with Crippen molar-refractivity contribution in [1.82, 2.24) is 0 Å². The van der Waals surface area contributed by atoms with Crippen LogP contribution in [0, 0.1) is 0 Å². The van der Waals surface area contributed by atoms with E-state index in [-0.39, 0.29) is 13.5 Å². The molecule has 0 fully saturated rings. The molecule has 0 unspecified atom stereocenters. The Labute approximate surface area is 111 Å². The minimum absolute atomic E-state index is 0. The van der Waals surface area contributed by atoms with Crippen LogP contribution in [-0.2, 0) is 9.47 Å². The maximum Gasteiger partial charge on any atom is 0.0727 e. The average Bonchev–Trinajstić information content (AvgIpc) is 2.14. The van der Waals surface area contributed by atoms with Gasteiger partial charge in [0.15, 0.2) is 0 Å². The van der Waals surface area contributed by atoms with Gasteiger partial charge >= 0.3 is 0 Å². The lowest BCUT2D eigenvalue weighted by molar-refractivity contribution is 0.0569. The van der Waals surface area contributed by atoms with E-state index < -0.39 is 10.3 Å². The number of thiocarbonyl (C=S) groups is 1. The molecule has 0 heterocycles. The summed E-state index contributed by atoms with van der Waals surface area (Å²) in [5.74, 6) is 0.711. The van der Waals surface area contributed by atoms with Gasteiger partial charge in [-0.15, -0.1) is 10.3 Å². The van der Waals surface area contributed by atoms with E-state index in [1.165, 1.54) is 0 Å². The molecule has 1 N–H and O–H groups in total. The first kappa shape index (κ1) is 18.7. The summed E-state index contributed by atoms with van der Waals surface area (Å²) >= 11 is 4.40. The van der Waals surface area contributed by atoms with E-state index >= 15 is 0 Å². The molecule has 0 aromatic rings. The third-order valence-corrected chi connectivity index (χ3v) is 2.81. The summed E-state index contributed by atoms with van der Waals surface area (Å²) in [6, 6.07) is 0. The van der Waals surface area contributed by atoms with Gasteiger partial charge in [0, 0.05) is 5.75 Å². The average molecular weight is 287 g/mol. The lowest BCUT2D eigenvalue weighted by Gasteiger charge is -2.22. The van der Waals surface area contributed by atoms with Crippen LogP contribution in [0.5, 0.6) is 0 Å². The lowest BCUT2D eigenvalue weighted by Crippen LogP contribution is -2.11. The second kappa shape index (κ2) is 11.9. The molecule has 0 aliphatic carbocycles. The summed E-state index contributed by atoms with van der Waals surface area (Å²) in [7, 11) is -1.43. The van der Waals surface area contributed by atoms with Crippen molar-refractivity contribution in [2.75, 3.05) is 51.2 Å². The topological polar surface area (TPSA) is 51.0 Å². The molecule has 98 valence electrons. The van der Waals surface area contributed by atoms with Gasteiger partial charge in [-0.1, -0.05) is 0 Å².